The first-order valence-electron chi connectivity index (χ1n) is 6.44. The highest BCUT2D eigenvalue weighted by molar-refractivity contribution is 7.15. The van der Waals surface area contributed by atoms with Gasteiger partial charge in [-0.05, 0) is 24.5 Å². The lowest BCUT2D eigenvalue weighted by atomic mass is 10.0. The molecule has 0 unspecified atom stereocenters. The van der Waals surface area contributed by atoms with Crippen LogP contribution in [0.5, 0.6) is 0 Å². The van der Waals surface area contributed by atoms with E-state index in [1.165, 1.54) is 24.0 Å². The van der Waals surface area contributed by atoms with Crippen LogP contribution in [0.3, 0.4) is 0 Å². The van der Waals surface area contributed by atoms with Crippen molar-refractivity contribution in [2.24, 2.45) is 0 Å². The van der Waals surface area contributed by atoms with E-state index >= 15 is 0 Å². The number of anilines is 2. The number of methoxy groups -OCH3 is 1. The highest BCUT2D eigenvalue weighted by Crippen LogP contribution is 2.30. The Morgan fingerprint density at radius 2 is 2.05 bits per heavy atom. The van der Waals surface area contributed by atoms with Crippen LogP contribution >= 0.6 is 11.3 Å². The summed E-state index contributed by atoms with van der Waals surface area (Å²) in [6.07, 6.45) is 0. The number of aromatic nitrogens is 1. The van der Waals surface area contributed by atoms with Crippen molar-refractivity contribution in [3.8, 4) is 0 Å². The maximum atomic E-state index is 11.6. The van der Waals surface area contributed by atoms with E-state index in [2.05, 4.69) is 30.2 Å². The molecule has 1 aromatic heterocycles. The number of nitrogens with one attached hydrogen (secondary N) is 1. The third-order valence-electron chi connectivity index (χ3n) is 3.00. The van der Waals surface area contributed by atoms with Crippen LogP contribution in [0.2, 0.25) is 0 Å². The van der Waals surface area contributed by atoms with Crippen molar-refractivity contribution >= 4 is 28.1 Å². The fourth-order valence-electron chi connectivity index (χ4n) is 1.97. The first kappa shape index (κ1) is 14.5. The van der Waals surface area contributed by atoms with E-state index in [1.54, 1.807) is 0 Å². The fourth-order valence-corrected chi connectivity index (χ4v) is 2.78. The summed E-state index contributed by atoms with van der Waals surface area (Å²) in [4.78, 5) is 16.7. The summed E-state index contributed by atoms with van der Waals surface area (Å²) in [6, 6.07) is 8.11. The van der Waals surface area contributed by atoms with Crippen molar-refractivity contribution < 1.29 is 9.53 Å². The van der Waals surface area contributed by atoms with Crippen LogP contribution in [-0.2, 0) is 4.74 Å². The highest BCUT2D eigenvalue weighted by atomic mass is 32.1. The van der Waals surface area contributed by atoms with E-state index in [0.717, 1.165) is 10.6 Å². The molecule has 2 aromatic rings. The number of carbonyl (C=O) groups excluding carboxylic acids is 1. The van der Waals surface area contributed by atoms with Gasteiger partial charge < -0.3 is 10.1 Å². The smallest absolute Gasteiger partial charge is 0.357 e. The molecular weight excluding hydrogens is 272 g/mol. The Morgan fingerprint density at radius 1 is 1.35 bits per heavy atom. The summed E-state index contributed by atoms with van der Waals surface area (Å²) < 4.78 is 4.72. The van der Waals surface area contributed by atoms with E-state index in [-0.39, 0.29) is 0 Å². The van der Waals surface area contributed by atoms with Gasteiger partial charge in [0.05, 0.1) is 7.11 Å². The Morgan fingerprint density at radius 3 is 2.70 bits per heavy atom. The number of hydrogen-bond donors (Lipinski definition) is 1. The van der Waals surface area contributed by atoms with Crippen molar-refractivity contribution in [3.63, 3.8) is 0 Å². The number of nitrogens with zero attached hydrogens (tertiary/aromatic N) is 1. The second kappa shape index (κ2) is 6.05. The Balaban J connectivity index is 2.29. The third-order valence-corrected chi connectivity index (χ3v) is 3.89. The SMILES string of the molecule is COC(=O)c1nc(Nc2ccccc2C(C)C)sc1C. The largest absolute Gasteiger partial charge is 0.464 e. The first-order chi connectivity index (χ1) is 9.52. The van der Waals surface area contributed by atoms with Crippen LogP contribution < -0.4 is 5.32 Å². The number of carbonyl (C=O) groups is 1. The number of aryl methyl sites for hydroxylation is 1. The molecule has 5 heteroatoms. The number of para-hydroxylation sites is 1. The Kier molecular flexibility index (Phi) is 4.39. The van der Waals surface area contributed by atoms with Gasteiger partial charge in [-0.1, -0.05) is 32.0 Å². The molecule has 4 nitrogen and oxygen atoms in total. The number of thiazole rings is 1. The molecular formula is C15H18N2O2S. The fraction of sp³-hybridized carbons (Fsp3) is 0.333. The highest BCUT2D eigenvalue weighted by Gasteiger charge is 2.16. The number of rotatable bonds is 4. The predicted molar refractivity (Wildman–Crippen MR) is 82.0 cm³/mol. The molecule has 0 saturated carbocycles. The van der Waals surface area contributed by atoms with Gasteiger partial charge in [-0.25, -0.2) is 9.78 Å². The zero-order valence-corrected chi connectivity index (χ0v) is 12.9. The van der Waals surface area contributed by atoms with Crippen molar-refractivity contribution in [1.82, 2.24) is 4.98 Å². The lowest BCUT2D eigenvalue weighted by Crippen LogP contribution is -2.03. The predicted octanol–water partition coefficient (Wildman–Crippen LogP) is 4.11. The number of esters is 1. The second-order valence-electron chi connectivity index (χ2n) is 4.78. The zero-order chi connectivity index (χ0) is 14.7. The summed E-state index contributed by atoms with van der Waals surface area (Å²) in [5, 5.41) is 4.00. The number of hydrogen-bond acceptors (Lipinski definition) is 5. The molecule has 0 aliphatic carbocycles. The van der Waals surface area contributed by atoms with E-state index in [0.29, 0.717) is 16.7 Å². The van der Waals surface area contributed by atoms with Crippen molar-refractivity contribution in [3.05, 3.63) is 40.4 Å². The van der Waals surface area contributed by atoms with Gasteiger partial charge in [0.25, 0.3) is 0 Å². The first-order valence-corrected chi connectivity index (χ1v) is 7.26. The summed E-state index contributed by atoms with van der Waals surface area (Å²) >= 11 is 1.45. The Bertz CT molecular complexity index is 620. The molecule has 0 fully saturated rings. The lowest BCUT2D eigenvalue weighted by molar-refractivity contribution is 0.0594. The van der Waals surface area contributed by atoms with Crippen LogP contribution in [0.25, 0.3) is 0 Å². The van der Waals surface area contributed by atoms with Gasteiger partial charge in [0.15, 0.2) is 10.8 Å². The van der Waals surface area contributed by atoms with E-state index in [4.69, 9.17) is 4.74 Å². The summed E-state index contributed by atoms with van der Waals surface area (Å²) in [7, 11) is 1.36. The van der Waals surface area contributed by atoms with Crippen LogP contribution in [0.4, 0.5) is 10.8 Å². The van der Waals surface area contributed by atoms with Crippen LogP contribution in [0.1, 0.15) is 40.7 Å². The quantitative estimate of drug-likeness (QED) is 0.861. The van der Waals surface area contributed by atoms with Gasteiger partial charge in [-0.3, -0.25) is 0 Å². The molecule has 0 atom stereocenters. The third kappa shape index (κ3) is 2.99. The van der Waals surface area contributed by atoms with Gasteiger partial charge in [-0.2, -0.15) is 0 Å². The minimum Gasteiger partial charge on any atom is -0.464 e. The average Bonchev–Trinajstić information content (AvgIpc) is 2.79. The summed E-state index contributed by atoms with van der Waals surface area (Å²) in [5.74, 6) is 0.0174. The van der Waals surface area contributed by atoms with E-state index < -0.39 is 5.97 Å². The molecule has 0 aliphatic rings. The second-order valence-corrected chi connectivity index (χ2v) is 5.99. The molecule has 0 bridgehead atoms. The topological polar surface area (TPSA) is 51.2 Å². The maximum Gasteiger partial charge on any atom is 0.357 e. The molecule has 0 radical (unpaired) electrons. The molecule has 20 heavy (non-hydrogen) atoms. The maximum absolute atomic E-state index is 11.6. The minimum absolute atomic E-state index is 0.377. The van der Waals surface area contributed by atoms with Crippen LogP contribution in [0, 0.1) is 6.92 Å². The molecule has 2 rings (SSSR count). The van der Waals surface area contributed by atoms with E-state index in [1.807, 2.05) is 25.1 Å². The monoisotopic (exact) mass is 290 g/mol. The summed E-state index contributed by atoms with van der Waals surface area (Å²) in [6.45, 7) is 6.16. The molecule has 0 aliphatic heterocycles. The van der Waals surface area contributed by atoms with Crippen molar-refractivity contribution in [2.45, 2.75) is 26.7 Å². The Labute approximate surface area is 122 Å². The van der Waals surface area contributed by atoms with Crippen molar-refractivity contribution in [2.75, 3.05) is 12.4 Å². The van der Waals surface area contributed by atoms with Crippen molar-refractivity contribution in [1.29, 1.82) is 0 Å². The number of ether oxygens (including phenoxy) is 1. The number of benzene rings is 1. The molecule has 106 valence electrons. The molecule has 1 aromatic carbocycles. The molecule has 0 spiro atoms. The molecule has 0 amide bonds. The standard InChI is InChI=1S/C15H18N2O2S/c1-9(2)11-7-5-6-8-12(11)16-15-17-13(10(3)20-15)14(18)19-4/h5-9H,1-4H3,(H,16,17). The molecule has 0 saturated heterocycles. The van der Waals surface area contributed by atoms with Gasteiger partial charge >= 0.3 is 5.97 Å². The van der Waals surface area contributed by atoms with Gasteiger partial charge in [0.1, 0.15) is 0 Å². The van der Waals surface area contributed by atoms with E-state index in [9.17, 15) is 4.79 Å². The summed E-state index contributed by atoms with van der Waals surface area (Å²) in [5.41, 5.74) is 2.62. The Hall–Kier alpha value is -1.88. The average molecular weight is 290 g/mol. The minimum atomic E-state index is -0.399. The van der Waals surface area contributed by atoms with Gasteiger partial charge in [-0.15, -0.1) is 11.3 Å². The van der Waals surface area contributed by atoms with Crippen LogP contribution in [0.15, 0.2) is 24.3 Å². The van der Waals surface area contributed by atoms with Crippen LogP contribution in [-0.4, -0.2) is 18.1 Å². The van der Waals surface area contributed by atoms with Gasteiger partial charge in [0.2, 0.25) is 0 Å². The molecule has 1 N–H and O–H groups in total. The van der Waals surface area contributed by atoms with Gasteiger partial charge in [0, 0.05) is 10.6 Å². The zero-order valence-electron chi connectivity index (χ0n) is 12.1. The molecule has 1 heterocycles. The lowest BCUT2D eigenvalue weighted by Gasteiger charge is -2.12. The normalized spacial score (nSPS) is 10.7.